The average Bonchev–Trinajstić information content (AvgIpc) is 2.18. The molecule has 0 fully saturated rings. The van der Waals surface area contributed by atoms with Crippen molar-refractivity contribution in [3.63, 3.8) is 0 Å². The van der Waals surface area contributed by atoms with E-state index < -0.39 is 16.0 Å². The lowest BCUT2D eigenvalue weighted by atomic mass is 10.1. The molecule has 0 radical (unpaired) electrons. The quantitative estimate of drug-likeness (QED) is 0.881. The Bertz CT molecular complexity index is 551. The van der Waals surface area contributed by atoms with E-state index in [2.05, 4.69) is 0 Å². The molecule has 1 aromatic carbocycles. The third-order valence-electron chi connectivity index (χ3n) is 2.55. The van der Waals surface area contributed by atoms with Gasteiger partial charge in [-0.25, -0.2) is 8.42 Å². The van der Waals surface area contributed by atoms with E-state index in [9.17, 15) is 13.2 Å². The predicted octanol–water partition coefficient (Wildman–Crippen LogP) is 1.54. The first kappa shape index (κ1) is 14.5. The maximum Gasteiger partial charge on any atom is 0.305 e. The number of carboxylic acid groups (broad SMARTS) is 1. The Labute approximate surface area is 107 Å². The van der Waals surface area contributed by atoms with E-state index >= 15 is 0 Å². The number of carboxylic acids is 1. The summed E-state index contributed by atoms with van der Waals surface area (Å²) in [7, 11) is -3.48. The largest absolute Gasteiger partial charge is 0.481 e. The van der Waals surface area contributed by atoms with Gasteiger partial charge in [-0.3, -0.25) is 9.10 Å². The van der Waals surface area contributed by atoms with E-state index in [1.807, 2.05) is 13.0 Å². The number of hydrogen-bond acceptors (Lipinski definition) is 3. The third kappa shape index (κ3) is 3.73. The smallest absolute Gasteiger partial charge is 0.305 e. The SMILES string of the molecule is Cc1ccc(N(CCC(=O)O)S(C)(=O)=O)c(C)c1. The molecule has 1 aromatic rings. The van der Waals surface area contributed by atoms with Crippen molar-refractivity contribution in [3.8, 4) is 0 Å². The molecule has 0 aliphatic heterocycles. The summed E-state index contributed by atoms with van der Waals surface area (Å²) >= 11 is 0. The lowest BCUT2D eigenvalue weighted by Gasteiger charge is -2.23. The van der Waals surface area contributed by atoms with Gasteiger partial charge in [0.25, 0.3) is 0 Å². The fourth-order valence-corrected chi connectivity index (χ4v) is 2.73. The van der Waals surface area contributed by atoms with E-state index in [4.69, 9.17) is 5.11 Å². The molecule has 0 aliphatic rings. The Morgan fingerprint density at radius 1 is 1.33 bits per heavy atom. The number of rotatable bonds is 5. The molecule has 0 saturated carbocycles. The lowest BCUT2D eigenvalue weighted by molar-refractivity contribution is -0.136. The van der Waals surface area contributed by atoms with Crippen molar-refractivity contribution in [1.82, 2.24) is 0 Å². The number of carbonyl (C=O) groups is 1. The van der Waals surface area contributed by atoms with Crippen LogP contribution in [-0.4, -0.2) is 32.3 Å². The minimum Gasteiger partial charge on any atom is -0.481 e. The monoisotopic (exact) mass is 271 g/mol. The van der Waals surface area contributed by atoms with Crippen LogP contribution in [0.5, 0.6) is 0 Å². The molecule has 0 aromatic heterocycles. The maximum atomic E-state index is 11.7. The van der Waals surface area contributed by atoms with Crippen LogP contribution < -0.4 is 4.31 Å². The number of benzene rings is 1. The van der Waals surface area contributed by atoms with Crippen molar-refractivity contribution >= 4 is 21.7 Å². The highest BCUT2D eigenvalue weighted by atomic mass is 32.2. The summed E-state index contributed by atoms with van der Waals surface area (Å²) in [5.74, 6) is -1.02. The molecule has 0 aliphatic carbocycles. The molecule has 1 rings (SSSR count). The second-order valence-corrected chi connectivity index (χ2v) is 6.18. The van der Waals surface area contributed by atoms with Crippen LogP contribution >= 0.6 is 0 Å². The Morgan fingerprint density at radius 2 is 1.94 bits per heavy atom. The van der Waals surface area contributed by atoms with Gasteiger partial charge in [0, 0.05) is 6.54 Å². The highest BCUT2D eigenvalue weighted by Crippen LogP contribution is 2.23. The molecule has 18 heavy (non-hydrogen) atoms. The molecule has 0 saturated heterocycles. The van der Waals surface area contributed by atoms with Crippen LogP contribution in [-0.2, 0) is 14.8 Å². The van der Waals surface area contributed by atoms with Gasteiger partial charge in [-0.2, -0.15) is 0 Å². The first-order valence-electron chi connectivity index (χ1n) is 5.48. The molecule has 6 heteroatoms. The fourth-order valence-electron chi connectivity index (χ4n) is 1.75. The summed E-state index contributed by atoms with van der Waals surface area (Å²) in [6, 6.07) is 5.38. The van der Waals surface area contributed by atoms with E-state index in [1.165, 1.54) is 0 Å². The Balaban J connectivity index is 3.14. The number of aryl methyl sites for hydroxylation is 2. The molecule has 0 heterocycles. The minimum atomic E-state index is -3.48. The zero-order valence-corrected chi connectivity index (χ0v) is 11.5. The van der Waals surface area contributed by atoms with Gasteiger partial charge >= 0.3 is 5.97 Å². The zero-order chi connectivity index (χ0) is 13.9. The molecule has 0 atom stereocenters. The van der Waals surface area contributed by atoms with Crippen LogP contribution in [0.25, 0.3) is 0 Å². The second kappa shape index (κ2) is 5.39. The summed E-state index contributed by atoms with van der Waals surface area (Å²) in [5, 5.41) is 8.67. The lowest BCUT2D eigenvalue weighted by Crippen LogP contribution is -2.32. The summed E-state index contributed by atoms with van der Waals surface area (Å²) in [6.45, 7) is 3.66. The van der Waals surface area contributed by atoms with E-state index in [0.717, 1.165) is 21.7 Å². The van der Waals surface area contributed by atoms with Gasteiger partial charge in [0.1, 0.15) is 0 Å². The third-order valence-corrected chi connectivity index (χ3v) is 3.73. The standard InChI is InChI=1S/C12H17NO4S/c1-9-4-5-11(10(2)8-9)13(18(3,16)17)7-6-12(14)15/h4-5,8H,6-7H2,1-3H3,(H,14,15). The topological polar surface area (TPSA) is 74.7 Å². The number of sulfonamides is 1. The molecule has 0 bridgehead atoms. The van der Waals surface area contributed by atoms with E-state index in [-0.39, 0.29) is 13.0 Å². The van der Waals surface area contributed by atoms with Crippen LogP contribution in [0.15, 0.2) is 18.2 Å². The molecule has 100 valence electrons. The van der Waals surface area contributed by atoms with Gasteiger partial charge < -0.3 is 5.11 Å². The van der Waals surface area contributed by atoms with Crippen molar-refractivity contribution in [3.05, 3.63) is 29.3 Å². The van der Waals surface area contributed by atoms with Crippen LogP contribution in [0, 0.1) is 13.8 Å². The normalized spacial score (nSPS) is 11.3. The molecule has 0 spiro atoms. The summed E-state index contributed by atoms with van der Waals surface area (Å²) in [4.78, 5) is 10.6. The highest BCUT2D eigenvalue weighted by Gasteiger charge is 2.19. The molecular weight excluding hydrogens is 254 g/mol. The summed E-state index contributed by atoms with van der Waals surface area (Å²) < 4.78 is 24.6. The summed E-state index contributed by atoms with van der Waals surface area (Å²) in [5.41, 5.74) is 2.37. The minimum absolute atomic E-state index is 0.0575. The first-order chi connectivity index (χ1) is 8.21. The van der Waals surface area contributed by atoms with Gasteiger partial charge in [0.05, 0.1) is 18.4 Å². The fraction of sp³-hybridized carbons (Fsp3) is 0.417. The van der Waals surface area contributed by atoms with Gasteiger partial charge in [0.15, 0.2) is 0 Å². The number of aliphatic carboxylic acids is 1. The van der Waals surface area contributed by atoms with Gasteiger partial charge in [-0.15, -0.1) is 0 Å². The van der Waals surface area contributed by atoms with Crippen molar-refractivity contribution in [2.24, 2.45) is 0 Å². The van der Waals surface area contributed by atoms with E-state index in [0.29, 0.717) is 5.69 Å². The van der Waals surface area contributed by atoms with Crippen molar-refractivity contribution < 1.29 is 18.3 Å². The highest BCUT2D eigenvalue weighted by molar-refractivity contribution is 7.92. The van der Waals surface area contributed by atoms with Crippen LogP contribution in [0.2, 0.25) is 0 Å². The van der Waals surface area contributed by atoms with Crippen molar-refractivity contribution in [2.45, 2.75) is 20.3 Å². The number of anilines is 1. The van der Waals surface area contributed by atoms with Gasteiger partial charge in [-0.1, -0.05) is 17.7 Å². The van der Waals surface area contributed by atoms with Crippen LogP contribution in [0.4, 0.5) is 5.69 Å². The van der Waals surface area contributed by atoms with Crippen LogP contribution in [0.1, 0.15) is 17.5 Å². The number of hydrogen-bond donors (Lipinski definition) is 1. The Kier molecular flexibility index (Phi) is 4.34. The van der Waals surface area contributed by atoms with Gasteiger partial charge in [0.2, 0.25) is 10.0 Å². The van der Waals surface area contributed by atoms with Crippen molar-refractivity contribution in [1.29, 1.82) is 0 Å². The zero-order valence-electron chi connectivity index (χ0n) is 10.7. The second-order valence-electron chi connectivity index (χ2n) is 4.27. The molecule has 1 N–H and O–H groups in total. The summed E-state index contributed by atoms with van der Waals surface area (Å²) in [6.07, 6.45) is 0.856. The average molecular weight is 271 g/mol. The first-order valence-corrected chi connectivity index (χ1v) is 7.33. The van der Waals surface area contributed by atoms with E-state index in [1.54, 1.807) is 19.1 Å². The molecule has 0 amide bonds. The van der Waals surface area contributed by atoms with Crippen molar-refractivity contribution in [2.75, 3.05) is 17.1 Å². The maximum absolute atomic E-state index is 11.7. The van der Waals surface area contributed by atoms with Crippen LogP contribution in [0.3, 0.4) is 0 Å². The number of nitrogens with zero attached hydrogens (tertiary/aromatic N) is 1. The Morgan fingerprint density at radius 3 is 2.39 bits per heavy atom. The molecular formula is C12H17NO4S. The molecule has 0 unspecified atom stereocenters. The molecule has 5 nitrogen and oxygen atoms in total. The predicted molar refractivity (Wildman–Crippen MR) is 70.4 cm³/mol. The Hall–Kier alpha value is -1.56. The van der Waals surface area contributed by atoms with Gasteiger partial charge in [-0.05, 0) is 25.5 Å².